The predicted molar refractivity (Wildman–Crippen MR) is 85.8 cm³/mol. The molecule has 0 saturated heterocycles. The highest BCUT2D eigenvalue weighted by Crippen LogP contribution is 2.23. The quantitative estimate of drug-likeness (QED) is 0.855. The summed E-state index contributed by atoms with van der Waals surface area (Å²) in [7, 11) is 0. The van der Waals surface area contributed by atoms with Crippen molar-refractivity contribution >= 4 is 28.6 Å². The van der Waals surface area contributed by atoms with E-state index in [0.717, 1.165) is 21.1 Å². The van der Waals surface area contributed by atoms with E-state index in [0.29, 0.717) is 4.88 Å². The SMILES string of the molecule is Cc1csc(C(C)NC(=O)c2cc(C)c(C#CCO)s2)n1. The van der Waals surface area contributed by atoms with Crippen LogP contribution < -0.4 is 5.32 Å². The van der Waals surface area contributed by atoms with Gasteiger partial charge in [-0.3, -0.25) is 4.79 Å². The summed E-state index contributed by atoms with van der Waals surface area (Å²) in [6.07, 6.45) is 0. The van der Waals surface area contributed by atoms with Crippen LogP contribution in [-0.2, 0) is 0 Å². The molecule has 2 heterocycles. The maximum Gasteiger partial charge on any atom is 0.261 e. The number of aliphatic hydroxyl groups excluding tert-OH is 1. The highest BCUT2D eigenvalue weighted by Gasteiger charge is 2.16. The summed E-state index contributed by atoms with van der Waals surface area (Å²) < 4.78 is 0. The average Bonchev–Trinajstić information content (AvgIpc) is 3.03. The largest absolute Gasteiger partial charge is 0.384 e. The first-order valence-electron chi connectivity index (χ1n) is 6.44. The van der Waals surface area contributed by atoms with E-state index < -0.39 is 0 Å². The molecule has 4 nitrogen and oxygen atoms in total. The van der Waals surface area contributed by atoms with E-state index in [4.69, 9.17) is 5.11 Å². The number of rotatable bonds is 3. The van der Waals surface area contributed by atoms with Crippen LogP contribution in [0.3, 0.4) is 0 Å². The molecule has 0 fully saturated rings. The molecular formula is C15H16N2O2S2. The fourth-order valence-corrected chi connectivity index (χ4v) is 3.49. The molecule has 2 rings (SSSR count). The Labute approximate surface area is 131 Å². The van der Waals surface area contributed by atoms with Gasteiger partial charge < -0.3 is 10.4 Å². The van der Waals surface area contributed by atoms with Gasteiger partial charge in [0.1, 0.15) is 11.6 Å². The van der Waals surface area contributed by atoms with Crippen LogP contribution in [-0.4, -0.2) is 22.6 Å². The van der Waals surface area contributed by atoms with Gasteiger partial charge in [-0.1, -0.05) is 11.8 Å². The lowest BCUT2D eigenvalue weighted by molar-refractivity contribution is 0.0944. The van der Waals surface area contributed by atoms with Crippen molar-refractivity contribution in [1.29, 1.82) is 0 Å². The zero-order valence-corrected chi connectivity index (χ0v) is 13.7. The number of thiophene rings is 1. The zero-order chi connectivity index (χ0) is 15.4. The Morgan fingerprint density at radius 3 is 2.90 bits per heavy atom. The molecular weight excluding hydrogens is 304 g/mol. The summed E-state index contributed by atoms with van der Waals surface area (Å²) in [6, 6.07) is 1.70. The van der Waals surface area contributed by atoms with Crippen molar-refractivity contribution in [2.45, 2.75) is 26.8 Å². The molecule has 110 valence electrons. The molecule has 0 spiro atoms. The van der Waals surface area contributed by atoms with Crippen LogP contribution in [0, 0.1) is 25.7 Å². The number of carbonyl (C=O) groups is 1. The van der Waals surface area contributed by atoms with Gasteiger partial charge >= 0.3 is 0 Å². The van der Waals surface area contributed by atoms with Gasteiger partial charge in [-0.15, -0.1) is 22.7 Å². The second kappa shape index (κ2) is 6.85. The molecule has 1 unspecified atom stereocenters. The van der Waals surface area contributed by atoms with Crippen molar-refractivity contribution in [3.05, 3.63) is 37.5 Å². The minimum atomic E-state index is -0.181. The first kappa shape index (κ1) is 15.7. The number of amides is 1. The van der Waals surface area contributed by atoms with E-state index in [2.05, 4.69) is 22.1 Å². The fraction of sp³-hybridized carbons (Fsp3) is 0.333. The molecule has 0 aliphatic heterocycles. The Balaban J connectivity index is 2.10. The van der Waals surface area contributed by atoms with Crippen molar-refractivity contribution < 1.29 is 9.90 Å². The normalized spacial score (nSPS) is 11.6. The van der Waals surface area contributed by atoms with E-state index in [9.17, 15) is 4.79 Å². The molecule has 2 N–H and O–H groups in total. The van der Waals surface area contributed by atoms with Crippen molar-refractivity contribution in [1.82, 2.24) is 10.3 Å². The summed E-state index contributed by atoms with van der Waals surface area (Å²) in [5.41, 5.74) is 1.91. The number of aromatic nitrogens is 1. The van der Waals surface area contributed by atoms with E-state index >= 15 is 0 Å². The summed E-state index contributed by atoms with van der Waals surface area (Å²) >= 11 is 2.88. The Morgan fingerprint density at radius 2 is 2.29 bits per heavy atom. The van der Waals surface area contributed by atoms with Crippen molar-refractivity contribution in [2.24, 2.45) is 0 Å². The number of hydrogen-bond acceptors (Lipinski definition) is 5. The minimum absolute atomic E-state index is 0.120. The van der Waals surface area contributed by atoms with Gasteiger partial charge in [0, 0.05) is 11.1 Å². The zero-order valence-electron chi connectivity index (χ0n) is 12.1. The molecule has 6 heteroatoms. The van der Waals surface area contributed by atoms with Crippen molar-refractivity contribution in [2.75, 3.05) is 6.61 Å². The van der Waals surface area contributed by atoms with E-state index in [1.165, 1.54) is 11.3 Å². The molecule has 0 aliphatic carbocycles. The van der Waals surface area contributed by atoms with E-state index in [-0.39, 0.29) is 18.6 Å². The number of aliphatic hydroxyl groups is 1. The lowest BCUT2D eigenvalue weighted by Crippen LogP contribution is -2.25. The van der Waals surface area contributed by atoms with Crippen molar-refractivity contribution in [3.8, 4) is 11.8 Å². The van der Waals surface area contributed by atoms with Crippen LogP contribution >= 0.6 is 22.7 Å². The second-order valence-corrected chi connectivity index (χ2v) is 6.55. The third-order valence-corrected chi connectivity index (χ3v) is 5.07. The first-order chi connectivity index (χ1) is 10.0. The molecule has 1 atom stereocenters. The van der Waals surface area contributed by atoms with Gasteiger partial charge in [0.05, 0.1) is 15.8 Å². The Hall–Kier alpha value is -1.68. The second-order valence-electron chi connectivity index (χ2n) is 4.60. The van der Waals surface area contributed by atoms with Crippen molar-refractivity contribution in [3.63, 3.8) is 0 Å². The summed E-state index contributed by atoms with van der Waals surface area (Å²) in [5.74, 6) is 5.33. The van der Waals surface area contributed by atoms with Gasteiger partial charge in [0.25, 0.3) is 5.91 Å². The third-order valence-electron chi connectivity index (χ3n) is 2.78. The van der Waals surface area contributed by atoms with Crippen LogP contribution in [0.5, 0.6) is 0 Å². The summed E-state index contributed by atoms with van der Waals surface area (Å²) in [4.78, 5) is 18.1. The molecule has 0 aromatic carbocycles. The number of carbonyl (C=O) groups excluding carboxylic acids is 1. The monoisotopic (exact) mass is 320 g/mol. The highest BCUT2D eigenvalue weighted by atomic mass is 32.1. The smallest absolute Gasteiger partial charge is 0.261 e. The van der Waals surface area contributed by atoms with Gasteiger partial charge in [-0.2, -0.15) is 0 Å². The number of nitrogens with zero attached hydrogens (tertiary/aromatic N) is 1. The third kappa shape index (κ3) is 3.91. The molecule has 0 radical (unpaired) electrons. The fourth-order valence-electron chi connectivity index (χ4n) is 1.74. The first-order valence-corrected chi connectivity index (χ1v) is 8.14. The lowest BCUT2D eigenvalue weighted by Gasteiger charge is -2.09. The van der Waals surface area contributed by atoms with E-state index in [1.807, 2.05) is 32.2 Å². The number of nitrogens with one attached hydrogen (secondary N) is 1. The molecule has 21 heavy (non-hydrogen) atoms. The lowest BCUT2D eigenvalue weighted by atomic mass is 10.2. The Bertz CT molecular complexity index is 707. The minimum Gasteiger partial charge on any atom is -0.384 e. The molecule has 0 bridgehead atoms. The maximum absolute atomic E-state index is 12.3. The van der Waals surface area contributed by atoms with Crippen LogP contribution in [0.15, 0.2) is 11.4 Å². The van der Waals surface area contributed by atoms with Crippen LogP contribution in [0.4, 0.5) is 0 Å². The number of aryl methyl sites for hydroxylation is 2. The Kier molecular flexibility index (Phi) is 5.12. The van der Waals surface area contributed by atoms with Gasteiger partial charge in [0.15, 0.2) is 0 Å². The van der Waals surface area contributed by atoms with Gasteiger partial charge in [-0.25, -0.2) is 4.98 Å². The standard InChI is InChI=1S/C15H16N2O2S2/c1-9-7-13(21-12(9)5-4-6-18)14(19)17-11(3)15-16-10(2)8-20-15/h7-8,11,18H,6H2,1-3H3,(H,17,19). The summed E-state index contributed by atoms with van der Waals surface area (Å²) in [6.45, 7) is 5.58. The van der Waals surface area contributed by atoms with Gasteiger partial charge in [-0.05, 0) is 32.4 Å². The number of hydrogen-bond donors (Lipinski definition) is 2. The molecule has 0 aliphatic rings. The Morgan fingerprint density at radius 1 is 1.52 bits per heavy atom. The van der Waals surface area contributed by atoms with Crippen LogP contribution in [0.25, 0.3) is 0 Å². The molecule has 2 aromatic heterocycles. The van der Waals surface area contributed by atoms with Gasteiger partial charge in [0.2, 0.25) is 0 Å². The van der Waals surface area contributed by atoms with E-state index in [1.54, 1.807) is 11.3 Å². The maximum atomic E-state index is 12.3. The summed E-state index contributed by atoms with van der Waals surface area (Å²) in [5, 5.41) is 14.5. The van der Waals surface area contributed by atoms with Crippen LogP contribution in [0.1, 0.15) is 43.8 Å². The highest BCUT2D eigenvalue weighted by molar-refractivity contribution is 7.14. The average molecular weight is 320 g/mol. The number of thiazole rings is 1. The topological polar surface area (TPSA) is 62.2 Å². The molecule has 2 aromatic rings. The van der Waals surface area contributed by atoms with Crippen LogP contribution in [0.2, 0.25) is 0 Å². The molecule has 0 saturated carbocycles. The molecule has 1 amide bonds. The predicted octanol–water partition coefficient (Wildman–Crippen LogP) is 2.66.